The number of carbonyl (C=O) groups is 1. The minimum atomic E-state index is -0.214. The van der Waals surface area contributed by atoms with Crippen molar-refractivity contribution in [1.82, 2.24) is 4.90 Å². The molecule has 4 nitrogen and oxygen atoms in total. The van der Waals surface area contributed by atoms with Crippen molar-refractivity contribution in [1.29, 1.82) is 0 Å². The van der Waals surface area contributed by atoms with Crippen molar-refractivity contribution >= 4 is 23.2 Å². The van der Waals surface area contributed by atoms with E-state index in [-0.39, 0.29) is 18.2 Å². The minimum absolute atomic E-state index is 0.0415. The van der Waals surface area contributed by atoms with Gasteiger partial charge in [-0.2, -0.15) is 0 Å². The number of nitrogens with zero attached hydrogens (tertiary/aromatic N) is 1. The third-order valence-corrected chi connectivity index (χ3v) is 4.88. The number of nitrogens with one attached hydrogen (secondary N) is 1. The molecule has 24 heavy (non-hydrogen) atoms. The van der Waals surface area contributed by atoms with Crippen LogP contribution in [0.15, 0.2) is 48.5 Å². The van der Waals surface area contributed by atoms with Crippen LogP contribution in [0.1, 0.15) is 34.9 Å². The van der Waals surface area contributed by atoms with Gasteiger partial charge in [0.15, 0.2) is 0 Å². The van der Waals surface area contributed by atoms with E-state index in [1.165, 1.54) is 0 Å². The second kappa shape index (κ2) is 6.46. The van der Waals surface area contributed by atoms with Gasteiger partial charge in [-0.25, -0.2) is 0 Å². The fraction of sp³-hybridized carbons (Fsp3) is 0.316. The fourth-order valence-corrected chi connectivity index (χ4v) is 3.52. The number of hydrogen-bond acceptors (Lipinski definition) is 3. The molecule has 2 atom stereocenters. The van der Waals surface area contributed by atoms with Crippen molar-refractivity contribution in [3.63, 3.8) is 0 Å². The summed E-state index contributed by atoms with van der Waals surface area (Å²) in [6.45, 7) is 1.37. The Morgan fingerprint density at radius 3 is 2.71 bits per heavy atom. The van der Waals surface area contributed by atoms with Gasteiger partial charge in [0, 0.05) is 23.9 Å². The van der Waals surface area contributed by atoms with Crippen molar-refractivity contribution in [2.45, 2.75) is 25.1 Å². The van der Waals surface area contributed by atoms with Crippen LogP contribution in [-0.4, -0.2) is 30.1 Å². The molecule has 124 valence electrons. The third-order valence-electron chi connectivity index (χ3n) is 4.63. The van der Waals surface area contributed by atoms with Crippen molar-refractivity contribution in [3.05, 3.63) is 64.7 Å². The summed E-state index contributed by atoms with van der Waals surface area (Å²) >= 11 is 6.01. The van der Waals surface area contributed by atoms with Gasteiger partial charge in [-0.05, 0) is 42.7 Å². The standard InChI is InChI=1S/C19H19ClN2O2/c20-14-9-7-13(8-10-14)18-21-17-6-2-1-5-16(17)19(23)22(18)12-15-4-3-11-24-15/h1-2,5-10,15,18,21H,3-4,11-12H2/t15-,18+/m0/s1. The molecule has 2 heterocycles. The van der Waals surface area contributed by atoms with Gasteiger partial charge >= 0.3 is 0 Å². The van der Waals surface area contributed by atoms with Crippen LogP contribution in [0.2, 0.25) is 5.02 Å². The highest BCUT2D eigenvalue weighted by Crippen LogP contribution is 2.34. The Bertz CT molecular complexity index is 741. The summed E-state index contributed by atoms with van der Waals surface area (Å²) in [5.41, 5.74) is 2.59. The van der Waals surface area contributed by atoms with Crippen LogP contribution in [0.5, 0.6) is 0 Å². The number of hydrogen-bond donors (Lipinski definition) is 1. The Labute approximate surface area is 146 Å². The molecule has 0 saturated carbocycles. The fourth-order valence-electron chi connectivity index (χ4n) is 3.40. The first kappa shape index (κ1) is 15.5. The first-order valence-electron chi connectivity index (χ1n) is 8.26. The maximum Gasteiger partial charge on any atom is 0.257 e. The molecule has 2 aromatic rings. The summed E-state index contributed by atoms with van der Waals surface area (Å²) in [6.07, 6.45) is 1.95. The summed E-state index contributed by atoms with van der Waals surface area (Å²) in [5.74, 6) is 0.0415. The van der Waals surface area contributed by atoms with Crippen molar-refractivity contribution < 1.29 is 9.53 Å². The van der Waals surface area contributed by atoms with Crippen LogP contribution >= 0.6 is 11.6 Å². The number of benzene rings is 2. The molecular weight excluding hydrogens is 324 g/mol. The Morgan fingerprint density at radius 1 is 1.17 bits per heavy atom. The van der Waals surface area contributed by atoms with Crippen LogP contribution in [0, 0.1) is 0 Å². The van der Waals surface area contributed by atoms with E-state index in [2.05, 4.69) is 5.32 Å². The topological polar surface area (TPSA) is 41.6 Å². The van der Waals surface area contributed by atoms with Crippen LogP contribution in [0.25, 0.3) is 0 Å². The number of fused-ring (bicyclic) bond motifs is 1. The molecular formula is C19H19ClN2O2. The van der Waals surface area contributed by atoms with Gasteiger partial charge in [-0.15, -0.1) is 0 Å². The number of halogens is 1. The molecule has 2 aromatic carbocycles. The smallest absolute Gasteiger partial charge is 0.257 e. The number of rotatable bonds is 3. The van der Waals surface area contributed by atoms with Crippen LogP contribution < -0.4 is 5.32 Å². The minimum Gasteiger partial charge on any atom is -0.376 e. The molecule has 1 fully saturated rings. The number of carbonyl (C=O) groups excluding carboxylic acids is 1. The molecule has 1 amide bonds. The predicted molar refractivity (Wildman–Crippen MR) is 94.3 cm³/mol. The van der Waals surface area contributed by atoms with E-state index in [4.69, 9.17) is 16.3 Å². The zero-order chi connectivity index (χ0) is 16.5. The van der Waals surface area contributed by atoms with Gasteiger partial charge in [0.25, 0.3) is 5.91 Å². The molecule has 5 heteroatoms. The van der Waals surface area contributed by atoms with Crippen LogP contribution in [0.3, 0.4) is 0 Å². The van der Waals surface area contributed by atoms with Gasteiger partial charge in [0.2, 0.25) is 0 Å². The summed E-state index contributed by atoms with van der Waals surface area (Å²) in [4.78, 5) is 14.9. The molecule has 1 saturated heterocycles. The quantitative estimate of drug-likeness (QED) is 0.913. The largest absolute Gasteiger partial charge is 0.376 e. The van der Waals surface area contributed by atoms with Crippen LogP contribution in [-0.2, 0) is 4.74 Å². The lowest BCUT2D eigenvalue weighted by Gasteiger charge is -2.39. The van der Waals surface area contributed by atoms with Crippen molar-refractivity contribution in [2.75, 3.05) is 18.5 Å². The molecule has 2 aliphatic rings. The second-order valence-electron chi connectivity index (χ2n) is 6.24. The van der Waals surface area contributed by atoms with Crippen LogP contribution in [0.4, 0.5) is 5.69 Å². The van der Waals surface area contributed by atoms with E-state index in [0.29, 0.717) is 17.1 Å². The normalized spacial score (nSPS) is 23.0. The Balaban J connectivity index is 1.70. The van der Waals surface area contributed by atoms with Gasteiger partial charge in [-0.3, -0.25) is 4.79 Å². The summed E-state index contributed by atoms with van der Waals surface area (Å²) in [5, 5.41) is 4.18. The molecule has 1 N–H and O–H groups in total. The average Bonchev–Trinajstić information content (AvgIpc) is 3.11. The monoisotopic (exact) mass is 342 g/mol. The van der Waals surface area contributed by atoms with Crippen molar-refractivity contribution in [3.8, 4) is 0 Å². The number of para-hydroxylation sites is 1. The molecule has 0 bridgehead atoms. The molecule has 0 radical (unpaired) electrons. The van der Waals surface area contributed by atoms with Gasteiger partial charge in [0.05, 0.1) is 11.7 Å². The Kier molecular flexibility index (Phi) is 4.17. The first-order valence-corrected chi connectivity index (χ1v) is 8.64. The molecule has 2 aliphatic heterocycles. The van der Waals surface area contributed by atoms with E-state index in [9.17, 15) is 4.79 Å². The maximum atomic E-state index is 13.1. The summed E-state index contributed by atoms with van der Waals surface area (Å²) in [7, 11) is 0. The zero-order valence-corrected chi connectivity index (χ0v) is 14.0. The highest BCUT2D eigenvalue weighted by Gasteiger charge is 2.35. The van der Waals surface area contributed by atoms with E-state index in [1.807, 2.05) is 53.4 Å². The van der Waals surface area contributed by atoms with E-state index < -0.39 is 0 Å². The summed E-state index contributed by atoms with van der Waals surface area (Å²) < 4.78 is 5.75. The maximum absolute atomic E-state index is 13.1. The molecule has 0 unspecified atom stereocenters. The number of ether oxygens (including phenoxy) is 1. The average molecular weight is 343 g/mol. The van der Waals surface area contributed by atoms with Gasteiger partial charge in [-0.1, -0.05) is 35.9 Å². The lowest BCUT2D eigenvalue weighted by molar-refractivity contribution is 0.0427. The lowest BCUT2D eigenvalue weighted by atomic mass is 10.0. The van der Waals surface area contributed by atoms with Crippen molar-refractivity contribution in [2.24, 2.45) is 0 Å². The molecule has 4 rings (SSSR count). The van der Waals surface area contributed by atoms with E-state index >= 15 is 0 Å². The predicted octanol–water partition coefficient (Wildman–Crippen LogP) is 4.09. The Hall–Kier alpha value is -2.04. The summed E-state index contributed by atoms with van der Waals surface area (Å²) in [6, 6.07) is 15.3. The van der Waals surface area contributed by atoms with E-state index in [0.717, 1.165) is 30.7 Å². The molecule has 0 spiro atoms. The third kappa shape index (κ3) is 2.87. The zero-order valence-electron chi connectivity index (χ0n) is 13.2. The highest BCUT2D eigenvalue weighted by molar-refractivity contribution is 6.30. The Morgan fingerprint density at radius 2 is 1.96 bits per heavy atom. The van der Waals surface area contributed by atoms with Gasteiger partial charge < -0.3 is 15.0 Å². The highest BCUT2D eigenvalue weighted by atomic mass is 35.5. The van der Waals surface area contributed by atoms with Gasteiger partial charge in [0.1, 0.15) is 6.17 Å². The van der Waals surface area contributed by atoms with E-state index in [1.54, 1.807) is 0 Å². The first-order chi connectivity index (χ1) is 11.7. The molecule has 0 aromatic heterocycles. The lowest BCUT2D eigenvalue weighted by Crippen LogP contribution is -2.46. The number of anilines is 1. The SMILES string of the molecule is O=C1c2ccccc2N[C@@H](c2ccc(Cl)cc2)N1C[C@@H]1CCCO1. The molecule has 0 aliphatic carbocycles. The number of amides is 1. The second-order valence-corrected chi connectivity index (χ2v) is 6.67.